The molecule has 1 saturated carbocycles. The van der Waals surface area contributed by atoms with E-state index in [0.717, 1.165) is 30.6 Å². The Bertz CT molecular complexity index is 714. The van der Waals surface area contributed by atoms with Gasteiger partial charge < -0.3 is 5.32 Å². The standard InChI is InChI=1S/C18H24N6O/c1-12(13-5-7-15(8-6-13)24-11-19-10-21-24)22-18(25)16-4-2-3-14-9-20-23-17(14)16/h5-8,10-12,14,16-17,20,23H,2-4,9H2,1H3,(H,22,25). The van der Waals surface area contributed by atoms with E-state index in [1.165, 1.54) is 12.7 Å². The Hall–Kier alpha value is -2.25. The summed E-state index contributed by atoms with van der Waals surface area (Å²) < 4.78 is 1.72. The van der Waals surface area contributed by atoms with Crippen molar-refractivity contribution >= 4 is 5.91 Å². The molecule has 4 unspecified atom stereocenters. The van der Waals surface area contributed by atoms with Crippen LogP contribution in [-0.2, 0) is 4.79 Å². The number of hydrogen-bond donors (Lipinski definition) is 3. The van der Waals surface area contributed by atoms with E-state index in [-0.39, 0.29) is 23.9 Å². The Kier molecular flexibility index (Phi) is 4.50. The summed E-state index contributed by atoms with van der Waals surface area (Å²) in [5.74, 6) is 0.770. The van der Waals surface area contributed by atoms with Crippen molar-refractivity contribution in [2.24, 2.45) is 11.8 Å². The van der Waals surface area contributed by atoms with E-state index < -0.39 is 0 Å². The fraction of sp³-hybridized carbons (Fsp3) is 0.500. The van der Waals surface area contributed by atoms with Crippen LogP contribution in [0.3, 0.4) is 0 Å². The summed E-state index contributed by atoms with van der Waals surface area (Å²) in [6.45, 7) is 3.00. The molecule has 2 aromatic rings. The Morgan fingerprint density at radius 3 is 2.92 bits per heavy atom. The first-order valence-electron chi connectivity index (χ1n) is 8.96. The van der Waals surface area contributed by atoms with Gasteiger partial charge in [0.05, 0.1) is 17.6 Å². The average molecular weight is 340 g/mol. The molecule has 132 valence electrons. The number of benzene rings is 1. The van der Waals surface area contributed by atoms with Gasteiger partial charge in [0.2, 0.25) is 5.91 Å². The second kappa shape index (κ2) is 6.93. The zero-order valence-corrected chi connectivity index (χ0v) is 14.4. The quantitative estimate of drug-likeness (QED) is 0.782. The van der Waals surface area contributed by atoms with Gasteiger partial charge in [-0.2, -0.15) is 5.10 Å². The van der Waals surface area contributed by atoms with Gasteiger partial charge in [-0.15, -0.1) is 0 Å². The van der Waals surface area contributed by atoms with Gasteiger partial charge in [0.15, 0.2) is 0 Å². The number of nitrogens with one attached hydrogen (secondary N) is 3. The number of hydrazine groups is 1. The number of amides is 1. The molecule has 2 fully saturated rings. The molecule has 3 N–H and O–H groups in total. The lowest BCUT2D eigenvalue weighted by atomic mass is 9.77. The number of nitrogens with zero attached hydrogens (tertiary/aromatic N) is 3. The van der Waals surface area contributed by atoms with E-state index in [2.05, 4.69) is 26.3 Å². The Morgan fingerprint density at radius 1 is 1.32 bits per heavy atom. The molecule has 1 aromatic carbocycles. The smallest absolute Gasteiger partial charge is 0.225 e. The van der Waals surface area contributed by atoms with Crippen LogP contribution in [0.25, 0.3) is 5.69 Å². The normalized spacial score (nSPS) is 26.8. The molecule has 0 bridgehead atoms. The van der Waals surface area contributed by atoms with Crippen LogP contribution in [0, 0.1) is 11.8 Å². The second-order valence-corrected chi connectivity index (χ2v) is 7.01. The van der Waals surface area contributed by atoms with Crippen molar-refractivity contribution in [2.75, 3.05) is 6.54 Å². The predicted octanol–water partition coefficient (Wildman–Crippen LogP) is 1.34. The van der Waals surface area contributed by atoms with E-state index in [4.69, 9.17) is 0 Å². The molecule has 1 aliphatic carbocycles. The topological polar surface area (TPSA) is 83.9 Å². The third kappa shape index (κ3) is 3.29. The molecule has 7 heteroatoms. The SMILES string of the molecule is CC(NC(=O)C1CCCC2CNNC21)c1ccc(-n2cncn2)cc1. The Morgan fingerprint density at radius 2 is 2.16 bits per heavy atom. The summed E-state index contributed by atoms with van der Waals surface area (Å²) in [4.78, 5) is 16.7. The van der Waals surface area contributed by atoms with Crippen LogP contribution in [-0.4, -0.2) is 33.3 Å². The van der Waals surface area contributed by atoms with Crippen molar-refractivity contribution in [3.05, 3.63) is 42.5 Å². The van der Waals surface area contributed by atoms with Crippen LogP contribution in [0.4, 0.5) is 0 Å². The highest BCUT2D eigenvalue weighted by Crippen LogP contribution is 2.31. The molecule has 1 aromatic heterocycles. The molecule has 2 aliphatic rings. The maximum atomic E-state index is 12.8. The van der Waals surface area contributed by atoms with Crippen LogP contribution >= 0.6 is 0 Å². The predicted molar refractivity (Wildman–Crippen MR) is 93.7 cm³/mol. The lowest BCUT2D eigenvalue weighted by Gasteiger charge is -2.32. The van der Waals surface area contributed by atoms with Crippen LogP contribution in [0.15, 0.2) is 36.9 Å². The minimum Gasteiger partial charge on any atom is -0.349 e. The number of fused-ring (bicyclic) bond motifs is 1. The first-order valence-corrected chi connectivity index (χ1v) is 8.96. The molecule has 25 heavy (non-hydrogen) atoms. The summed E-state index contributed by atoms with van der Waals surface area (Å²) in [6.07, 6.45) is 6.47. The van der Waals surface area contributed by atoms with Gasteiger partial charge in [0.25, 0.3) is 0 Å². The van der Waals surface area contributed by atoms with Crippen molar-refractivity contribution in [2.45, 2.75) is 38.3 Å². The van der Waals surface area contributed by atoms with Gasteiger partial charge in [-0.3, -0.25) is 15.6 Å². The highest BCUT2D eigenvalue weighted by molar-refractivity contribution is 5.80. The molecule has 7 nitrogen and oxygen atoms in total. The maximum absolute atomic E-state index is 12.8. The minimum absolute atomic E-state index is 0.0213. The van der Waals surface area contributed by atoms with E-state index in [0.29, 0.717) is 5.92 Å². The third-order valence-corrected chi connectivity index (χ3v) is 5.44. The number of hydrogen-bond acceptors (Lipinski definition) is 5. The average Bonchev–Trinajstić information content (AvgIpc) is 3.33. The van der Waals surface area contributed by atoms with Crippen molar-refractivity contribution in [1.29, 1.82) is 0 Å². The molecule has 4 rings (SSSR count). The van der Waals surface area contributed by atoms with Gasteiger partial charge in [0, 0.05) is 12.6 Å². The monoisotopic (exact) mass is 340 g/mol. The summed E-state index contributed by atoms with van der Waals surface area (Å²) >= 11 is 0. The summed E-state index contributed by atoms with van der Waals surface area (Å²) in [5, 5.41) is 7.32. The minimum atomic E-state index is -0.0213. The molecule has 1 saturated heterocycles. The van der Waals surface area contributed by atoms with E-state index in [1.54, 1.807) is 11.0 Å². The largest absolute Gasteiger partial charge is 0.349 e. The molecule has 0 spiro atoms. The summed E-state index contributed by atoms with van der Waals surface area (Å²) in [6, 6.07) is 8.28. The van der Waals surface area contributed by atoms with Crippen LogP contribution in [0.2, 0.25) is 0 Å². The number of rotatable bonds is 4. The van der Waals surface area contributed by atoms with Crippen molar-refractivity contribution < 1.29 is 4.79 Å². The molecule has 2 heterocycles. The van der Waals surface area contributed by atoms with Gasteiger partial charge >= 0.3 is 0 Å². The van der Waals surface area contributed by atoms with E-state index in [9.17, 15) is 4.79 Å². The van der Waals surface area contributed by atoms with Crippen molar-refractivity contribution in [1.82, 2.24) is 30.9 Å². The molecular formula is C18H24N6O. The van der Waals surface area contributed by atoms with Crippen molar-refractivity contribution in [3.63, 3.8) is 0 Å². The zero-order valence-electron chi connectivity index (χ0n) is 14.4. The summed E-state index contributed by atoms with van der Waals surface area (Å²) in [5.41, 5.74) is 8.55. The molecule has 1 amide bonds. The molecule has 0 radical (unpaired) electrons. The molecular weight excluding hydrogens is 316 g/mol. The lowest BCUT2D eigenvalue weighted by Crippen LogP contribution is -2.48. The van der Waals surface area contributed by atoms with Crippen molar-refractivity contribution in [3.8, 4) is 5.69 Å². The fourth-order valence-electron chi connectivity index (χ4n) is 4.00. The number of carbonyl (C=O) groups is 1. The van der Waals surface area contributed by atoms with E-state index >= 15 is 0 Å². The van der Waals surface area contributed by atoms with Gasteiger partial charge in [-0.25, -0.2) is 9.67 Å². The third-order valence-electron chi connectivity index (χ3n) is 5.44. The highest BCUT2D eigenvalue weighted by atomic mass is 16.2. The maximum Gasteiger partial charge on any atom is 0.225 e. The molecule has 1 aliphatic heterocycles. The Labute approximate surface area is 147 Å². The van der Waals surface area contributed by atoms with Crippen LogP contribution in [0.1, 0.15) is 37.8 Å². The van der Waals surface area contributed by atoms with Crippen LogP contribution < -0.4 is 16.2 Å². The van der Waals surface area contributed by atoms with Gasteiger partial charge in [-0.05, 0) is 43.4 Å². The summed E-state index contributed by atoms with van der Waals surface area (Å²) in [7, 11) is 0. The fourth-order valence-corrected chi connectivity index (χ4v) is 4.00. The van der Waals surface area contributed by atoms with E-state index in [1.807, 2.05) is 31.2 Å². The van der Waals surface area contributed by atoms with Gasteiger partial charge in [-0.1, -0.05) is 18.6 Å². The lowest BCUT2D eigenvalue weighted by molar-refractivity contribution is -0.127. The highest BCUT2D eigenvalue weighted by Gasteiger charge is 2.40. The Balaban J connectivity index is 1.41. The van der Waals surface area contributed by atoms with Crippen LogP contribution in [0.5, 0.6) is 0 Å². The zero-order chi connectivity index (χ0) is 17.2. The number of aromatic nitrogens is 3. The molecule has 4 atom stereocenters. The van der Waals surface area contributed by atoms with Gasteiger partial charge in [0.1, 0.15) is 12.7 Å². The first kappa shape index (κ1) is 16.2. The number of carbonyl (C=O) groups excluding carboxylic acids is 1. The first-order chi connectivity index (χ1) is 12.2. The second-order valence-electron chi connectivity index (χ2n) is 7.01.